The van der Waals surface area contributed by atoms with E-state index < -0.39 is 0 Å². The number of carbonyl (C=O) groups is 2. The third-order valence-corrected chi connectivity index (χ3v) is 5.16. The summed E-state index contributed by atoms with van der Waals surface area (Å²) in [5.41, 5.74) is 0. The van der Waals surface area contributed by atoms with E-state index in [-0.39, 0.29) is 11.9 Å². The zero-order chi connectivity index (χ0) is 13.0. The molecule has 2 rings (SSSR count). The molecule has 0 radical (unpaired) electrons. The maximum absolute atomic E-state index is 11.4. The van der Waals surface area contributed by atoms with Crippen molar-refractivity contribution in [2.45, 2.75) is 49.4 Å². The van der Waals surface area contributed by atoms with Gasteiger partial charge in [0.2, 0.25) is 5.91 Å². The lowest BCUT2D eigenvalue weighted by Crippen LogP contribution is -2.61. The van der Waals surface area contributed by atoms with Crippen molar-refractivity contribution in [3.05, 3.63) is 0 Å². The molecule has 0 aromatic heterocycles. The zero-order valence-corrected chi connectivity index (χ0v) is 11.5. The van der Waals surface area contributed by atoms with Gasteiger partial charge in [0.25, 0.3) is 0 Å². The van der Waals surface area contributed by atoms with Crippen molar-refractivity contribution < 1.29 is 9.59 Å². The SMILES string of the molecule is CNC(=O)CCCC[C@@H]1SC[C@@H]2C[C@@H]1NC(=O)N2. The van der Waals surface area contributed by atoms with Gasteiger partial charge in [-0.25, -0.2) is 4.79 Å². The molecule has 18 heavy (non-hydrogen) atoms. The number of hydrogen-bond donors (Lipinski definition) is 3. The molecule has 3 amide bonds. The van der Waals surface area contributed by atoms with Crippen LogP contribution >= 0.6 is 11.8 Å². The van der Waals surface area contributed by atoms with Crippen LogP contribution in [0.3, 0.4) is 0 Å². The summed E-state index contributed by atoms with van der Waals surface area (Å²) >= 11 is 1.94. The van der Waals surface area contributed by atoms with Gasteiger partial charge in [-0.1, -0.05) is 6.42 Å². The highest BCUT2D eigenvalue weighted by Gasteiger charge is 2.36. The Balaban J connectivity index is 1.69. The topological polar surface area (TPSA) is 70.2 Å². The highest BCUT2D eigenvalue weighted by Crippen LogP contribution is 2.31. The number of urea groups is 1. The van der Waals surface area contributed by atoms with Crippen LogP contribution in [-0.4, -0.2) is 42.1 Å². The Morgan fingerprint density at radius 2 is 2.28 bits per heavy atom. The molecule has 3 N–H and O–H groups in total. The van der Waals surface area contributed by atoms with Crippen molar-refractivity contribution in [2.75, 3.05) is 12.8 Å². The van der Waals surface area contributed by atoms with E-state index in [2.05, 4.69) is 16.0 Å². The molecule has 2 heterocycles. The Kier molecular flexibility index (Phi) is 4.74. The molecule has 0 saturated carbocycles. The van der Waals surface area contributed by atoms with Gasteiger partial charge >= 0.3 is 6.03 Å². The maximum atomic E-state index is 11.4. The minimum atomic E-state index is -0.0214. The number of hydrogen-bond acceptors (Lipinski definition) is 3. The number of rotatable bonds is 5. The Bertz CT molecular complexity index is 324. The molecule has 0 aromatic carbocycles. The average molecular weight is 271 g/mol. The Hall–Kier alpha value is -0.910. The van der Waals surface area contributed by atoms with E-state index in [1.807, 2.05) is 11.8 Å². The molecule has 3 atom stereocenters. The predicted molar refractivity (Wildman–Crippen MR) is 72.6 cm³/mol. The van der Waals surface area contributed by atoms with Crippen molar-refractivity contribution in [1.82, 2.24) is 16.0 Å². The normalized spacial score (nSPS) is 30.3. The molecule has 6 heteroatoms. The second-order valence-electron chi connectivity index (χ2n) is 4.95. The van der Waals surface area contributed by atoms with Crippen LogP contribution < -0.4 is 16.0 Å². The molecule has 2 aliphatic rings. The van der Waals surface area contributed by atoms with Gasteiger partial charge in [0.05, 0.1) is 0 Å². The van der Waals surface area contributed by atoms with Gasteiger partial charge in [0.15, 0.2) is 0 Å². The molecule has 0 aromatic rings. The van der Waals surface area contributed by atoms with Gasteiger partial charge in [-0.05, 0) is 19.3 Å². The monoisotopic (exact) mass is 271 g/mol. The lowest BCUT2D eigenvalue weighted by molar-refractivity contribution is -0.120. The summed E-state index contributed by atoms with van der Waals surface area (Å²) in [7, 11) is 1.67. The van der Waals surface area contributed by atoms with E-state index in [4.69, 9.17) is 0 Å². The lowest BCUT2D eigenvalue weighted by Gasteiger charge is -2.40. The number of carbonyl (C=O) groups excluding carboxylic acids is 2. The summed E-state index contributed by atoms with van der Waals surface area (Å²) in [5, 5.41) is 9.09. The molecule has 102 valence electrons. The summed E-state index contributed by atoms with van der Waals surface area (Å²) in [4.78, 5) is 22.5. The minimum Gasteiger partial charge on any atom is -0.359 e. The van der Waals surface area contributed by atoms with Crippen LogP contribution in [0.25, 0.3) is 0 Å². The first kappa shape index (κ1) is 13.5. The molecule has 2 fully saturated rings. The van der Waals surface area contributed by atoms with Gasteiger partial charge in [0, 0.05) is 36.6 Å². The molecule has 0 aliphatic carbocycles. The second kappa shape index (κ2) is 6.31. The highest BCUT2D eigenvalue weighted by atomic mass is 32.2. The van der Waals surface area contributed by atoms with Crippen molar-refractivity contribution in [3.63, 3.8) is 0 Å². The van der Waals surface area contributed by atoms with E-state index in [1.165, 1.54) is 0 Å². The number of nitrogens with one attached hydrogen (secondary N) is 3. The minimum absolute atomic E-state index is 0.0214. The fraction of sp³-hybridized carbons (Fsp3) is 0.833. The number of unbranched alkanes of at least 4 members (excludes halogenated alkanes) is 1. The van der Waals surface area contributed by atoms with Crippen LogP contribution in [0.4, 0.5) is 4.79 Å². The number of amides is 3. The molecule has 2 saturated heterocycles. The third kappa shape index (κ3) is 3.54. The summed E-state index contributed by atoms with van der Waals surface area (Å²) in [6, 6.07) is 0.630. The summed E-state index contributed by atoms with van der Waals surface area (Å²) in [6.07, 6.45) is 4.71. The van der Waals surface area contributed by atoms with E-state index in [0.29, 0.717) is 23.8 Å². The van der Waals surface area contributed by atoms with Gasteiger partial charge in [0.1, 0.15) is 0 Å². The van der Waals surface area contributed by atoms with Gasteiger partial charge in [-0.2, -0.15) is 11.8 Å². The van der Waals surface area contributed by atoms with Crippen LogP contribution in [0.5, 0.6) is 0 Å². The highest BCUT2D eigenvalue weighted by molar-refractivity contribution is 8.00. The van der Waals surface area contributed by atoms with Gasteiger partial charge in [-0.3, -0.25) is 4.79 Å². The largest absolute Gasteiger partial charge is 0.359 e. The van der Waals surface area contributed by atoms with Crippen LogP contribution in [-0.2, 0) is 4.79 Å². The van der Waals surface area contributed by atoms with Crippen molar-refractivity contribution in [3.8, 4) is 0 Å². The Labute approximate surface area is 112 Å². The van der Waals surface area contributed by atoms with Crippen molar-refractivity contribution in [1.29, 1.82) is 0 Å². The number of fused-ring (bicyclic) bond motifs is 2. The Morgan fingerprint density at radius 1 is 1.44 bits per heavy atom. The van der Waals surface area contributed by atoms with E-state index >= 15 is 0 Å². The smallest absolute Gasteiger partial charge is 0.315 e. The van der Waals surface area contributed by atoms with Gasteiger partial charge < -0.3 is 16.0 Å². The molecule has 2 aliphatic heterocycles. The second-order valence-corrected chi connectivity index (χ2v) is 6.22. The first-order chi connectivity index (χ1) is 8.69. The summed E-state index contributed by atoms with van der Waals surface area (Å²) in [6.45, 7) is 0. The lowest BCUT2D eigenvalue weighted by atomic mass is 9.98. The fourth-order valence-electron chi connectivity index (χ4n) is 2.57. The quantitative estimate of drug-likeness (QED) is 0.649. The van der Waals surface area contributed by atoms with E-state index in [0.717, 1.165) is 31.4 Å². The van der Waals surface area contributed by atoms with Crippen LogP contribution in [0.2, 0.25) is 0 Å². The molecule has 5 nitrogen and oxygen atoms in total. The molecule has 0 spiro atoms. The standard InChI is InChI=1S/C12H21N3O2S/c1-13-11(16)5-3-2-4-10-9-6-8(7-18-10)14-12(17)15-9/h8-10H,2-7H2,1H3,(H,13,16)(H2,14,15,17)/t8-,9-,10-/m0/s1. The first-order valence-electron chi connectivity index (χ1n) is 6.58. The van der Waals surface area contributed by atoms with Crippen LogP contribution in [0, 0.1) is 0 Å². The fourth-order valence-corrected chi connectivity index (χ4v) is 4.01. The van der Waals surface area contributed by atoms with E-state index in [9.17, 15) is 9.59 Å². The van der Waals surface area contributed by atoms with E-state index in [1.54, 1.807) is 7.05 Å². The number of thioether (sulfide) groups is 1. The predicted octanol–water partition coefficient (Wildman–Crippen LogP) is 0.848. The maximum Gasteiger partial charge on any atom is 0.315 e. The summed E-state index contributed by atoms with van der Waals surface area (Å²) in [5.74, 6) is 1.13. The zero-order valence-electron chi connectivity index (χ0n) is 10.7. The Morgan fingerprint density at radius 3 is 3.06 bits per heavy atom. The van der Waals surface area contributed by atoms with Crippen molar-refractivity contribution >= 4 is 23.7 Å². The average Bonchev–Trinajstić information content (AvgIpc) is 2.36. The third-order valence-electron chi connectivity index (χ3n) is 3.57. The molecule has 0 unspecified atom stereocenters. The first-order valence-corrected chi connectivity index (χ1v) is 7.63. The molecular weight excluding hydrogens is 250 g/mol. The van der Waals surface area contributed by atoms with Crippen LogP contribution in [0.15, 0.2) is 0 Å². The summed E-state index contributed by atoms with van der Waals surface area (Å²) < 4.78 is 0. The van der Waals surface area contributed by atoms with Crippen LogP contribution in [0.1, 0.15) is 32.1 Å². The molecular formula is C12H21N3O2S. The van der Waals surface area contributed by atoms with Crippen molar-refractivity contribution in [2.24, 2.45) is 0 Å². The van der Waals surface area contributed by atoms with Gasteiger partial charge in [-0.15, -0.1) is 0 Å². The molecule has 2 bridgehead atoms.